The van der Waals surface area contributed by atoms with Crippen LogP contribution in [0.2, 0.25) is 0 Å². The van der Waals surface area contributed by atoms with Crippen molar-refractivity contribution in [3.05, 3.63) is 23.9 Å². The van der Waals surface area contributed by atoms with E-state index < -0.39 is 11.6 Å². The Kier molecular flexibility index (Phi) is 3.24. The molecule has 0 radical (unpaired) electrons. The highest BCUT2D eigenvalue weighted by atomic mass is 19.1. The molecule has 0 spiro atoms. The van der Waals surface area contributed by atoms with Crippen LogP contribution in [0.15, 0.2) is 18.3 Å². The van der Waals surface area contributed by atoms with Gasteiger partial charge in [-0.15, -0.1) is 0 Å². The fourth-order valence-electron chi connectivity index (χ4n) is 1.12. The van der Waals surface area contributed by atoms with E-state index in [2.05, 4.69) is 9.72 Å². The summed E-state index contributed by atoms with van der Waals surface area (Å²) in [7, 11) is 2.55. The first-order valence-corrected chi connectivity index (χ1v) is 4.30. The minimum absolute atomic E-state index is 0.154. The molecule has 0 aliphatic carbocycles. The number of carbonyl (C=O) groups is 1. The molecule has 0 aromatic carbocycles. The highest BCUT2D eigenvalue weighted by Gasteiger charge is 2.36. The predicted molar refractivity (Wildman–Crippen MR) is 51.3 cm³/mol. The highest BCUT2D eigenvalue weighted by molar-refractivity contribution is 5.80. The summed E-state index contributed by atoms with van der Waals surface area (Å²) in [5.41, 5.74) is -2.04. The van der Waals surface area contributed by atoms with E-state index >= 15 is 0 Å². The van der Waals surface area contributed by atoms with Crippen LogP contribution in [-0.4, -0.2) is 25.2 Å². The van der Waals surface area contributed by atoms with Crippen LogP contribution >= 0.6 is 0 Å². The SMILES string of the molecule is COC(=O)C(C)(F)c1ccnc(OC)c1. The number of esters is 1. The molecular formula is C10H12FNO3. The molecule has 15 heavy (non-hydrogen) atoms. The number of hydrogen-bond acceptors (Lipinski definition) is 4. The molecule has 0 saturated carbocycles. The van der Waals surface area contributed by atoms with Gasteiger partial charge < -0.3 is 9.47 Å². The van der Waals surface area contributed by atoms with Gasteiger partial charge >= 0.3 is 5.97 Å². The van der Waals surface area contributed by atoms with Gasteiger partial charge in [0.05, 0.1) is 14.2 Å². The number of alkyl halides is 1. The summed E-state index contributed by atoms with van der Waals surface area (Å²) >= 11 is 0. The van der Waals surface area contributed by atoms with Crippen molar-refractivity contribution in [2.75, 3.05) is 14.2 Å². The highest BCUT2D eigenvalue weighted by Crippen LogP contribution is 2.28. The maximum absolute atomic E-state index is 14.0. The minimum Gasteiger partial charge on any atom is -0.481 e. The first-order chi connectivity index (χ1) is 7.02. The fraction of sp³-hybridized carbons (Fsp3) is 0.400. The molecule has 0 saturated heterocycles. The summed E-state index contributed by atoms with van der Waals surface area (Å²) < 4.78 is 23.2. The Morgan fingerprint density at radius 2 is 2.20 bits per heavy atom. The fourth-order valence-corrected chi connectivity index (χ4v) is 1.12. The van der Waals surface area contributed by atoms with Crippen LogP contribution in [0, 0.1) is 0 Å². The lowest BCUT2D eigenvalue weighted by Crippen LogP contribution is -2.28. The third-order valence-electron chi connectivity index (χ3n) is 2.05. The van der Waals surface area contributed by atoms with E-state index in [9.17, 15) is 9.18 Å². The summed E-state index contributed by atoms with van der Waals surface area (Å²) in [4.78, 5) is 15.0. The molecular weight excluding hydrogens is 201 g/mol. The molecule has 1 aromatic heterocycles. The van der Waals surface area contributed by atoms with Gasteiger partial charge in [0.1, 0.15) is 0 Å². The smallest absolute Gasteiger partial charge is 0.348 e. The lowest BCUT2D eigenvalue weighted by atomic mass is 9.99. The van der Waals surface area contributed by atoms with Crippen molar-refractivity contribution in [3.63, 3.8) is 0 Å². The van der Waals surface area contributed by atoms with Crippen molar-refractivity contribution >= 4 is 5.97 Å². The monoisotopic (exact) mass is 213 g/mol. The van der Waals surface area contributed by atoms with Gasteiger partial charge in [0.25, 0.3) is 0 Å². The Morgan fingerprint density at radius 1 is 1.53 bits per heavy atom. The first kappa shape index (κ1) is 11.4. The standard InChI is InChI=1S/C10H12FNO3/c1-10(11,9(13)15-3)7-4-5-12-8(6-7)14-2/h4-6H,1-3H3. The Balaban J connectivity index is 3.09. The van der Waals surface area contributed by atoms with Crippen molar-refractivity contribution in [2.24, 2.45) is 0 Å². The van der Waals surface area contributed by atoms with Gasteiger partial charge in [-0.3, -0.25) is 0 Å². The summed E-state index contributed by atoms with van der Waals surface area (Å²) in [5, 5.41) is 0. The van der Waals surface area contributed by atoms with Crippen LogP contribution in [-0.2, 0) is 15.2 Å². The van der Waals surface area contributed by atoms with E-state index in [1.54, 1.807) is 0 Å². The zero-order valence-corrected chi connectivity index (χ0v) is 8.78. The molecule has 1 heterocycles. The summed E-state index contributed by atoms with van der Waals surface area (Å²) in [6, 6.07) is 2.76. The molecule has 4 nitrogen and oxygen atoms in total. The molecule has 1 atom stereocenters. The van der Waals surface area contributed by atoms with Crippen molar-refractivity contribution in [1.29, 1.82) is 0 Å². The van der Waals surface area contributed by atoms with E-state index in [0.717, 1.165) is 14.0 Å². The lowest BCUT2D eigenvalue weighted by molar-refractivity contribution is -0.154. The summed E-state index contributed by atoms with van der Waals surface area (Å²) in [5.74, 6) is -0.698. The maximum Gasteiger partial charge on any atom is 0.348 e. The van der Waals surface area contributed by atoms with E-state index in [4.69, 9.17) is 4.74 Å². The lowest BCUT2D eigenvalue weighted by Gasteiger charge is -2.17. The number of nitrogens with zero attached hydrogens (tertiary/aromatic N) is 1. The third-order valence-corrected chi connectivity index (χ3v) is 2.05. The molecule has 1 rings (SSSR count). The zero-order chi connectivity index (χ0) is 11.5. The van der Waals surface area contributed by atoms with Gasteiger partial charge in [0.2, 0.25) is 11.5 Å². The first-order valence-electron chi connectivity index (χ1n) is 4.30. The maximum atomic E-state index is 14.0. The number of halogens is 1. The van der Waals surface area contributed by atoms with Crippen LogP contribution in [0.3, 0.4) is 0 Å². The van der Waals surface area contributed by atoms with E-state index in [1.165, 1.54) is 25.4 Å². The van der Waals surface area contributed by atoms with Gasteiger partial charge in [-0.05, 0) is 13.0 Å². The summed E-state index contributed by atoms with van der Waals surface area (Å²) in [6.45, 7) is 1.13. The second-order valence-corrected chi connectivity index (χ2v) is 3.08. The Morgan fingerprint density at radius 3 is 2.73 bits per heavy atom. The van der Waals surface area contributed by atoms with Crippen molar-refractivity contribution in [2.45, 2.75) is 12.6 Å². The van der Waals surface area contributed by atoms with E-state index in [1.807, 2.05) is 0 Å². The van der Waals surface area contributed by atoms with Crippen LogP contribution in [0.1, 0.15) is 12.5 Å². The molecule has 0 aliphatic rings. The van der Waals surface area contributed by atoms with Crippen molar-refractivity contribution in [1.82, 2.24) is 4.98 Å². The van der Waals surface area contributed by atoms with Crippen molar-refractivity contribution < 1.29 is 18.7 Å². The quantitative estimate of drug-likeness (QED) is 0.713. The number of carbonyl (C=O) groups excluding carboxylic acids is 1. The van der Waals surface area contributed by atoms with E-state index in [0.29, 0.717) is 0 Å². The Hall–Kier alpha value is -1.65. The number of rotatable bonds is 3. The van der Waals surface area contributed by atoms with Gasteiger partial charge in [-0.2, -0.15) is 0 Å². The number of methoxy groups -OCH3 is 2. The van der Waals surface area contributed by atoms with Crippen LogP contribution in [0.25, 0.3) is 0 Å². The largest absolute Gasteiger partial charge is 0.481 e. The van der Waals surface area contributed by atoms with Gasteiger partial charge in [0, 0.05) is 17.8 Å². The predicted octanol–water partition coefficient (Wildman–Crippen LogP) is 1.45. The number of aromatic nitrogens is 1. The van der Waals surface area contributed by atoms with Gasteiger partial charge in [-0.25, -0.2) is 14.2 Å². The molecule has 0 bridgehead atoms. The molecule has 5 heteroatoms. The molecule has 1 unspecified atom stereocenters. The Bertz CT molecular complexity index is 365. The normalized spacial score (nSPS) is 14.1. The topological polar surface area (TPSA) is 48.4 Å². The van der Waals surface area contributed by atoms with Crippen LogP contribution in [0.5, 0.6) is 5.88 Å². The minimum atomic E-state index is -2.19. The number of ether oxygens (including phenoxy) is 2. The molecule has 1 aromatic rings. The second-order valence-electron chi connectivity index (χ2n) is 3.08. The molecule has 0 amide bonds. The number of hydrogen-bond donors (Lipinski definition) is 0. The molecule has 0 N–H and O–H groups in total. The van der Waals surface area contributed by atoms with Crippen LogP contribution in [0.4, 0.5) is 4.39 Å². The van der Waals surface area contributed by atoms with Gasteiger partial charge in [-0.1, -0.05) is 0 Å². The molecule has 0 fully saturated rings. The summed E-state index contributed by atoms with van der Waals surface area (Å²) in [6.07, 6.45) is 1.37. The van der Waals surface area contributed by atoms with E-state index in [-0.39, 0.29) is 11.4 Å². The Labute approximate surface area is 87.0 Å². The molecule has 0 aliphatic heterocycles. The molecule has 82 valence electrons. The average Bonchev–Trinajstić information content (AvgIpc) is 2.27. The zero-order valence-electron chi connectivity index (χ0n) is 8.78. The second kappa shape index (κ2) is 4.25. The average molecular weight is 213 g/mol. The number of pyridine rings is 1. The van der Waals surface area contributed by atoms with Gasteiger partial charge in [0.15, 0.2) is 0 Å². The van der Waals surface area contributed by atoms with Crippen molar-refractivity contribution in [3.8, 4) is 5.88 Å². The third kappa shape index (κ3) is 2.23. The van der Waals surface area contributed by atoms with Crippen LogP contribution < -0.4 is 4.74 Å².